The monoisotopic (exact) mass is 212 g/mol. The fourth-order valence-electron chi connectivity index (χ4n) is 2.81. The number of ether oxygens (including phenoxy) is 1. The molecule has 3 unspecified atom stereocenters. The van der Waals surface area contributed by atoms with Crippen LogP contribution in [0, 0.1) is 0 Å². The van der Waals surface area contributed by atoms with Gasteiger partial charge in [-0.05, 0) is 46.2 Å². The summed E-state index contributed by atoms with van der Waals surface area (Å²) in [7, 11) is 0. The van der Waals surface area contributed by atoms with Crippen LogP contribution < -0.4 is 5.32 Å². The third kappa shape index (κ3) is 3.44. The molecule has 2 saturated heterocycles. The van der Waals surface area contributed by atoms with E-state index in [1.54, 1.807) is 0 Å². The van der Waals surface area contributed by atoms with Gasteiger partial charge >= 0.3 is 0 Å². The maximum Gasteiger partial charge on any atom is 0.0678 e. The molecule has 0 aromatic heterocycles. The Hall–Kier alpha value is -0.120. The first-order valence-corrected chi connectivity index (χ1v) is 6.35. The van der Waals surface area contributed by atoms with Crippen molar-refractivity contribution in [1.82, 2.24) is 10.2 Å². The van der Waals surface area contributed by atoms with Crippen LogP contribution in [0.1, 0.15) is 33.1 Å². The summed E-state index contributed by atoms with van der Waals surface area (Å²) < 4.78 is 5.73. The highest BCUT2D eigenvalue weighted by molar-refractivity contribution is 4.78. The molecule has 0 spiro atoms. The Morgan fingerprint density at radius 2 is 2.00 bits per heavy atom. The van der Waals surface area contributed by atoms with E-state index in [-0.39, 0.29) is 0 Å². The lowest BCUT2D eigenvalue weighted by Crippen LogP contribution is -2.46. The van der Waals surface area contributed by atoms with Crippen molar-refractivity contribution in [2.75, 3.05) is 26.2 Å². The smallest absolute Gasteiger partial charge is 0.0678 e. The first-order chi connectivity index (χ1) is 7.24. The number of hydrogen-bond donors (Lipinski definition) is 1. The van der Waals surface area contributed by atoms with Crippen molar-refractivity contribution in [3.05, 3.63) is 0 Å². The Bertz CT molecular complexity index is 182. The van der Waals surface area contributed by atoms with E-state index < -0.39 is 0 Å². The highest BCUT2D eigenvalue weighted by Gasteiger charge is 2.23. The van der Waals surface area contributed by atoms with Crippen molar-refractivity contribution in [3.8, 4) is 0 Å². The van der Waals surface area contributed by atoms with Gasteiger partial charge in [-0.25, -0.2) is 0 Å². The normalized spacial score (nSPS) is 38.4. The zero-order valence-corrected chi connectivity index (χ0v) is 10.0. The highest BCUT2D eigenvalue weighted by atomic mass is 16.5. The molecular formula is C12H24N2O. The van der Waals surface area contributed by atoms with Crippen LogP contribution in [0.4, 0.5) is 0 Å². The minimum absolute atomic E-state index is 0.408. The quantitative estimate of drug-likeness (QED) is 0.762. The minimum Gasteiger partial charge on any atom is -0.373 e. The lowest BCUT2D eigenvalue weighted by atomic mass is 10.1. The molecule has 1 N–H and O–H groups in total. The molecule has 88 valence electrons. The van der Waals surface area contributed by atoms with E-state index in [4.69, 9.17) is 4.74 Å². The maximum atomic E-state index is 5.73. The maximum absolute atomic E-state index is 5.73. The van der Waals surface area contributed by atoms with E-state index in [0.29, 0.717) is 12.2 Å². The average Bonchev–Trinajstić information content (AvgIpc) is 2.65. The second-order valence-electron chi connectivity index (χ2n) is 5.10. The van der Waals surface area contributed by atoms with Gasteiger partial charge in [-0.2, -0.15) is 0 Å². The molecule has 2 aliphatic rings. The molecule has 0 aromatic carbocycles. The summed E-state index contributed by atoms with van der Waals surface area (Å²) in [6.07, 6.45) is 4.85. The molecule has 2 heterocycles. The van der Waals surface area contributed by atoms with Gasteiger partial charge in [0.05, 0.1) is 12.2 Å². The Labute approximate surface area is 93.2 Å². The highest BCUT2D eigenvalue weighted by Crippen LogP contribution is 2.14. The second kappa shape index (κ2) is 5.28. The van der Waals surface area contributed by atoms with Gasteiger partial charge in [0.15, 0.2) is 0 Å². The van der Waals surface area contributed by atoms with Gasteiger partial charge in [-0.15, -0.1) is 0 Å². The number of morpholine rings is 1. The van der Waals surface area contributed by atoms with Crippen LogP contribution in [0.2, 0.25) is 0 Å². The Morgan fingerprint density at radius 3 is 2.60 bits per heavy atom. The van der Waals surface area contributed by atoms with E-state index in [9.17, 15) is 0 Å². The molecule has 2 rings (SSSR count). The second-order valence-corrected chi connectivity index (χ2v) is 5.10. The molecule has 0 aliphatic carbocycles. The third-order valence-electron chi connectivity index (χ3n) is 3.45. The number of nitrogens with zero attached hydrogens (tertiary/aromatic N) is 1. The summed E-state index contributed by atoms with van der Waals surface area (Å²) in [6, 6.07) is 0.776. The predicted molar refractivity (Wildman–Crippen MR) is 62.1 cm³/mol. The zero-order valence-electron chi connectivity index (χ0n) is 10.0. The lowest BCUT2D eigenvalue weighted by molar-refractivity contribution is -0.0684. The van der Waals surface area contributed by atoms with Gasteiger partial charge in [0.2, 0.25) is 0 Å². The van der Waals surface area contributed by atoms with Crippen LogP contribution >= 0.6 is 0 Å². The van der Waals surface area contributed by atoms with Crippen molar-refractivity contribution in [2.45, 2.75) is 51.4 Å². The molecule has 3 heteroatoms. The van der Waals surface area contributed by atoms with E-state index >= 15 is 0 Å². The molecule has 0 saturated carbocycles. The Balaban J connectivity index is 1.69. The third-order valence-corrected chi connectivity index (χ3v) is 3.45. The molecule has 3 nitrogen and oxygen atoms in total. The van der Waals surface area contributed by atoms with Gasteiger partial charge in [0.1, 0.15) is 0 Å². The molecule has 0 amide bonds. The first kappa shape index (κ1) is 11.4. The van der Waals surface area contributed by atoms with Gasteiger partial charge in [-0.1, -0.05) is 0 Å². The minimum atomic E-state index is 0.408. The van der Waals surface area contributed by atoms with Crippen LogP contribution in [0.15, 0.2) is 0 Å². The molecule has 0 radical (unpaired) electrons. The topological polar surface area (TPSA) is 24.5 Å². The van der Waals surface area contributed by atoms with Crippen LogP contribution in [0.5, 0.6) is 0 Å². The largest absolute Gasteiger partial charge is 0.373 e. The number of hydrogen-bond acceptors (Lipinski definition) is 3. The van der Waals surface area contributed by atoms with Gasteiger partial charge < -0.3 is 10.1 Å². The van der Waals surface area contributed by atoms with Crippen molar-refractivity contribution < 1.29 is 4.74 Å². The average molecular weight is 212 g/mol. The van der Waals surface area contributed by atoms with E-state index in [2.05, 4.69) is 24.1 Å². The summed E-state index contributed by atoms with van der Waals surface area (Å²) in [5.74, 6) is 0. The molecular weight excluding hydrogens is 188 g/mol. The van der Waals surface area contributed by atoms with Gasteiger partial charge in [-0.3, -0.25) is 4.90 Å². The lowest BCUT2D eigenvalue weighted by Gasteiger charge is -2.35. The SMILES string of the molecule is CC1CN(CCC2CCCN2)CC(C)O1. The molecule has 2 aliphatic heterocycles. The van der Waals surface area contributed by atoms with Crippen molar-refractivity contribution in [1.29, 1.82) is 0 Å². The Morgan fingerprint density at radius 1 is 1.27 bits per heavy atom. The summed E-state index contributed by atoms with van der Waals surface area (Å²) in [4.78, 5) is 2.55. The van der Waals surface area contributed by atoms with E-state index in [1.165, 1.54) is 32.4 Å². The van der Waals surface area contributed by atoms with Crippen molar-refractivity contribution >= 4 is 0 Å². The molecule has 2 fully saturated rings. The van der Waals surface area contributed by atoms with Crippen LogP contribution in [0.3, 0.4) is 0 Å². The summed E-state index contributed by atoms with van der Waals surface area (Å²) >= 11 is 0. The fraction of sp³-hybridized carbons (Fsp3) is 1.00. The summed E-state index contributed by atoms with van der Waals surface area (Å²) in [5, 5.41) is 3.56. The summed E-state index contributed by atoms with van der Waals surface area (Å²) in [5.41, 5.74) is 0. The van der Waals surface area contributed by atoms with Crippen LogP contribution in [-0.4, -0.2) is 49.3 Å². The predicted octanol–water partition coefficient (Wildman–Crippen LogP) is 1.24. The summed E-state index contributed by atoms with van der Waals surface area (Å²) in [6.45, 7) is 9.03. The number of rotatable bonds is 3. The molecule has 0 aromatic rings. The zero-order chi connectivity index (χ0) is 10.7. The standard InChI is InChI=1S/C12H24N2O/c1-10-8-14(9-11(2)15-10)7-5-12-4-3-6-13-12/h10-13H,3-9H2,1-2H3. The van der Waals surface area contributed by atoms with Gasteiger partial charge in [0.25, 0.3) is 0 Å². The molecule has 15 heavy (non-hydrogen) atoms. The number of nitrogens with one attached hydrogen (secondary N) is 1. The van der Waals surface area contributed by atoms with Crippen molar-refractivity contribution in [3.63, 3.8) is 0 Å². The van der Waals surface area contributed by atoms with E-state index in [0.717, 1.165) is 19.1 Å². The Kier molecular flexibility index (Phi) is 4.00. The van der Waals surface area contributed by atoms with Gasteiger partial charge in [0, 0.05) is 19.1 Å². The van der Waals surface area contributed by atoms with Crippen LogP contribution in [-0.2, 0) is 4.74 Å². The fourth-order valence-corrected chi connectivity index (χ4v) is 2.81. The van der Waals surface area contributed by atoms with E-state index in [1.807, 2.05) is 0 Å². The van der Waals surface area contributed by atoms with Crippen LogP contribution in [0.25, 0.3) is 0 Å². The molecule has 0 bridgehead atoms. The molecule has 3 atom stereocenters. The van der Waals surface area contributed by atoms with Crippen molar-refractivity contribution in [2.24, 2.45) is 0 Å². The first-order valence-electron chi connectivity index (χ1n) is 6.35.